The van der Waals surface area contributed by atoms with Crippen LogP contribution in [0.1, 0.15) is 10.4 Å². The second-order valence-electron chi connectivity index (χ2n) is 3.88. The Hall–Kier alpha value is -1.66. The van der Waals surface area contributed by atoms with Crippen LogP contribution in [-0.2, 0) is 0 Å². The summed E-state index contributed by atoms with van der Waals surface area (Å²) in [6.45, 7) is 0. The number of benzene rings is 1. The van der Waals surface area contributed by atoms with Gasteiger partial charge in [-0.15, -0.1) is 0 Å². The van der Waals surface area contributed by atoms with Crippen LogP contribution >= 0.6 is 27.5 Å². The molecule has 2 aromatic rings. The van der Waals surface area contributed by atoms with Crippen molar-refractivity contribution in [2.45, 2.75) is 0 Å². The third-order valence-corrected chi connectivity index (χ3v) is 3.46. The first-order valence-corrected chi connectivity index (χ1v) is 6.78. The van der Waals surface area contributed by atoms with E-state index in [4.69, 9.17) is 11.6 Å². The molecule has 4 nitrogen and oxygen atoms in total. The molecule has 0 aliphatic carbocycles. The van der Waals surface area contributed by atoms with Crippen LogP contribution in [0, 0.1) is 5.82 Å². The highest BCUT2D eigenvalue weighted by atomic mass is 79.9. The van der Waals surface area contributed by atoms with Gasteiger partial charge in [0.2, 0.25) is 0 Å². The van der Waals surface area contributed by atoms with E-state index in [0.717, 1.165) is 0 Å². The maximum absolute atomic E-state index is 13.0. The number of amides is 1. The Balaban J connectivity index is 2.21. The lowest BCUT2D eigenvalue weighted by Crippen LogP contribution is -2.13. The maximum Gasteiger partial charge on any atom is 0.257 e. The van der Waals surface area contributed by atoms with E-state index in [9.17, 15) is 9.18 Å². The third kappa shape index (κ3) is 3.26. The van der Waals surface area contributed by atoms with Gasteiger partial charge in [0.15, 0.2) is 0 Å². The zero-order valence-electron chi connectivity index (χ0n) is 10.4. The van der Waals surface area contributed by atoms with Gasteiger partial charge in [-0.05, 0) is 40.2 Å². The van der Waals surface area contributed by atoms with Gasteiger partial charge in [-0.1, -0.05) is 11.6 Å². The number of nitrogens with one attached hydrogen (secondary N) is 2. The molecule has 0 aliphatic heterocycles. The minimum atomic E-state index is -0.391. The minimum absolute atomic E-state index is 0.310. The Morgan fingerprint density at radius 2 is 2.15 bits per heavy atom. The van der Waals surface area contributed by atoms with Gasteiger partial charge >= 0.3 is 0 Å². The molecule has 0 aliphatic rings. The SMILES string of the molecule is CNc1ncc(C(=O)Nc2ccc(F)cc2Br)cc1Cl. The molecule has 0 bridgehead atoms. The summed E-state index contributed by atoms with van der Waals surface area (Å²) in [7, 11) is 1.68. The van der Waals surface area contributed by atoms with Crippen molar-refractivity contribution in [1.29, 1.82) is 0 Å². The number of hydrogen-bond donors (Lipinski definition) is 2. The number of halogens is 3. The molecule has 1 amide bonds. The Labute approximate surface area is 128 Å². The van der Waals surface area contributed by atoms with E-state index >= 15 is 0 Å². The van der Waals surface area contributed by atoms with Crippen LogP contribution < -0.4 is 10.6 Å². The van der Waals surface area contributed by atoms with E-state index in [1.807, 2.05) is 0 Å². The first kappa shape index (κ1) is 14.7. The number of nitrogens with zero attached hydrogens (tertiary/aromatic N) is 1. The molecule has 104 valence electrons. The molecule has 0 fully saturated rings. The molecule has 0 unspecified atom stereocenters. The molecule has 1 aromatic carbocycles. The van der Waals surface area contributed by atoms with Gasteiger partial charge in [0.05, 0.1) is 16.3 Å². The summed E-state index contributed by atoms with van der Waals surface area (Å²) in [6.07, 6.45) is 1.41. The van der Waals surface area contributed by atoms with Crippen molar-refractivity contribution in [3.05, 3.63) is 51.3 Å². The molecule has 2 N–H and O–H groups in total. The summed E-state index contributed by atoms with van der Waals surface area (Å²) in [5.41, 5.74) is 0.774. The van der Waals surface area contributed by atoms with Crippen LogP contribution in [0.2, 0.25) is 5.02 Å². The van der Waals surface area contributed by atoms with Gasteiger partial charge in [0.1, 0.15) is 11.6 Å². The lowest BCUT2D eigenvalue weighted by molar-refractivity contribution is 0.102. The summed E-state index contributed by atoms with van der Waals surface area (Å²) in [5, 5.41) is 5.80. The maximum atomic E-state index is 13.0. The predicted molar refractivity (Wildman–Crippen MR) is 80.8 cm³/mol. The second-order valence-corrected chi connectivity index (χ2v) is 5.14. The smallest absolute Gasteiger partial charge is 0.257 e. The van der Waals surface area contributed by atoms with Crippen LogP contribution in [0.25, 0.3) is 0 Å². The zero-order valence-corrected chi connectivity index (χ0v) is 12.7. The number of rotatable bonds is 3. The zero-order chi connectivity index (χ0) is 14.7. The highest BCUT2D eigenvalue weighted by Gasteiger charge is 2.11. The van der Waals surface area contributed by atoms with E-state index in [2.05, 4.69) is 31.5 Å². The van der Waals surface area contributed by atoms with E-state index < -0.39 is 5.82 Å². The van der Waals surface area contributed by atoms with Crippen molar-refractivity contribution < 1.29 is 9.18 Å². The molecule has 7 heteroatoms. The Morgan fingerprint density at radius 1 is 1.40 bits per heavy atom. The highest BCUT2D eigenvalue weighted by molar-refractivity contribution is 9.10. The lowest BCUT2D eigenvalue weighted by Gasteiger charge is -2.08. The molecule has 1 heterocycles. The van der Waals surface area contributed by atoms with Gasteiger partial charge in [-0.25, -0.2) is 9.37 Å². The van der Waals surface area contributed by atoms with Crippen molar-refractivity contribution in [2.24, 2.45) is 0 Å². The Morgan fingerprint density at radius 3 is 2.75 bits per heavy atom. The fourth-order valence-electron chi connectivity index (χ4n) is 1.53. The van der Waals surface area contributed by atoms with Crippen molar-refractivity contribution in [1.82, 2.24) is 4.98 Å². The number of aromatic nitrogens is 1. The largest absolute Gasteiger partial charge is 0.372 e. The quantitative estimate of drug-likeness (QED) is 0.874. The highest BCUT2D eigenvalue weighted by Crippen LogP contribution is 2.24. The topological polar surface area (TPSA) is 54.0 Å². The van der Waals surface area contributed by atoms with Crippen LogP contribution in [0.3, 0.4) is 0 Å². The van der Waals surface area contributed by atoms with E-state index in [1.54, 1.807) is 7.05 Å². The molecule has 0 atom stereocenters. The summed E-state index contributed by atoms with van der Waals surface area (Å²) in [6, 6.07) is 5.50. The fourth-order valence-corrected chi connectivity index (χ4v) is 2.24. The number of carbonyl (C=O) groups excluding carboxylic acids is 1. The van der Waals surface area contributed by atoms with Crippen molar-refractivity contribution in [3.63, 3.8) is 0 Å². The van der Waals surface area contributed by atoms with Crippen molar-refractivity contribution in [3.8, 4) is 0 Å². The van der Waals surface area contributed by atoms with E-state index in [-0.39, 0.29) is 5.91 Å². The molecule has 20 heavy (non-hydrogen) atoms. The summed E-state index contributed by atoms with van der Waals surface area (Å²) < 4.78 is 13.4. The van der Waals surface area contributed by atoms with Gasteiger partial charge < -0.3 is 10.6 Å². The summed E-state index contributed by atoms with van der Waals surface area (Å²) >= 11 is 9.14. The molecule has 0 radical (unpaired) electrons. The van der Waals surface area contributed by atoms with Gasteiger partial charge in [0, 0.05) is 17.7 Å². The number of hydrogen-bond acceptors (Lipinski definition) is 3. The minimum Gasteiger partial charge on any atom is -0.372 e. The molecular formula is C13H10BrClFN3O. The first-order valence-electron chi connectivity index (χ1n) is 5.61. The van der Waals surface area contributed by atoms with Crippen molar-refractivity contribution >= 4 is 44.9 Å². The first-order chi connectivity index (χ1) is 9.51. The third-order valence-electron chi connectivity index (χ3n) is 2.52. The molecule has 2 rings (SSSR count). The van der Waals surface area contributed by atoms with Crippen LogP contribution in [0.15, 0.2) is 34.9 Å². The summed E-state index contributed by atoms with van der Waals surface area (Å²) in [5.74, 6) is -0.279. The Bertz CT molecular complexity index is 666. The molecule has 0 saturated carbocycles. The van der Waals surface area contributed by atoms with Crippen molar-refractivity contribution in [2.75, 3.05) is 17.7 Å². The van der Waals surface area contributed by atoms with E-state index in [1.165, 1.54) is 30.5 Å². The van der Waals surface area contributed by atoms with Gasteiger partial charge in [-0.2, -0.15) is 0 Å². The number of anilines is 2. The van der Waals surface area contributed by atoms with Crippen LogP contribution in [0.4, 0.5) is 15.9 Å². The van der Waals surface area contributed by atoms with Crippen LogP contribution in [-0.4, -0.2) is 17.9 Å². The molecule has 0 spiro atoms. The number of pyridine rings is 1. The normalized spacial score (nSPS) is 10.2. The average Bonchev–Trinajstić information content (AvgIpc) is 2.41. The van der Waals surface area contributed by atoms with Gasteiger partial charge in [0.25, 0.3) is 5.91 Å². The molecule has 1 aromatic heterocycles. The summed E-state index contributed by atoms with van der Waals surface area (Å²) in [4.78, 5) is 16.1. The molecule has 0 saturated heterocycles. The van der Waals surface area contributed by atoms with Crippen LogP contribution in [0.5, 0.6) is 0 Å². The van der Waals surface area contributed by atoms with E-state index in [0.29, 0.717) is 26.6 Å². The second kappa shape index (κ2) is 6.19. The Kier molecular flexibility index (Phi) is 4.57. The fraction of sp³-hybridized carbons (Fsp3) is 0.0769. The predicted octanol–water partition coefficient (Wildman–Crippen LogP) is 3.93. The average molecular weight is 359 g/mol. The monoisotopic (exact) mass is 357 g/mol. The standard InChI is InChI=1S/C13H10BrClFN3O/c1-17-12-10(15)4-7(6-18-12)13(20)19-11-3-2-8(16)5-9(11)14/h2-6H,1H3,(H,17,18)(H,19,20). The van der Waals surface area contributed by atoms with Gasteiger partial charge in [-0.3, -0.25) is 4.79 Å². The molecular weight excluding hydrogens is 349 g/mol. The number of carbonyl (C=O) groups is 1. The lowest BCUT2D eigenvalue weighted by atomic mass is 10.2.